The molecule has 1 heterocycles. The molecule has 0 bridgehead atoms. The topological polar surface area (TPSA) is 71.3 Å². The lowest BCUT2D eigenvalue weighted by Crippen LogP contribution is -2.20. The van der Waals surface area contributed by atoms with E-state index in [1.54, 1.807) is 24.3 Å². The molecule has 1 aromatic heterocycles. The molecule has 0 spiro atoms. The third-order valence-corrected chi connectivity index (χ3v) is 5.44. The minimum absolute atomic E-state index is 0.0823. The van der Waals surface area contributed by atoms with Crippen LogP contribution in [0.2, 0.25) is 0 Å². The van der Waals surface area contributed by atoms with E-state index in [1.165, 1.54) is 12.5 Å². The summed E-state index contributed by atoms with van der Waals surface area (Å²) in [5.41, 5.74) is 0.811. The van der Waals surface area contributed by atoms with Crippen molar-refractivity contribution in [2.24, 2.45) is 5.92 Å². The molecular weight excluding hydrogens is 390 g/mol. The number of fused-ring (bicyclic) bond motifs is 1. The van der Waals surface area contributed by atoms with Gasteiger partial charge in [0, 0.05) is 23.6 Å². The highest BCUT2D eigenvalue weighted by atomic mass is 19.2. The Kier molecular flexibility index (Phi) is 5.79. The molecule has 3 aromatic rings. The highest BCUT2D eigenvalue weighted by Crippen LogP contribution is 2.33. The van der Waals surface area contributed by atoms with Crippen LogP contribution < -0.4 is 10.6 Å². The number of furan rings is 1. The highest BCUT2D eigenvalue weighted by molar-refractivity contribution is 6.14. The standard InChI is InChI=1S/C23H22F2N2O3/c24-17-11-10-15(13-18(17)25)26-23(29)22-21(16-8-4-5-9-19(16)30-22)27-20(28)12-14-6-2-1-3-7-14/h4-5,8-11,13-14H,1-3,6-7,12H2,(H,26,29)(H,27,28). The molecule has 4 rings (SSSR count). The van der Waals surface area contributed by atoms with Gasteiger partial charge in [-0.15, -0.1) is 0 Å². The van der Waals surface area contributed by atoms with Crippen LogP contribution in [0.15, 0.2) is 46.9 Å². The predicted molar refractivity (Wildman–Crippen MR) is 110 cm³/mol. The van der Waals surface area contributed by atoms with Crippen LogP contribution in [0.3, 0.4) is 0 Å². The molecule has 1 fully saturated rings. The smallest absolute Gasteiger partial charge is 0.293 e. The lowest BCUT2D eigenvalue weighted by molar-refractivity contribution is -0.117. The van der Waals surface area contributed by atoms with Crippen molar-refractivity contribution in [3.8, 4) is 0 Å². The summed E-state index contributed by atoms with van der Waals surface area (Å²) in [6.07, 6.45) is 5.93. The average molecular weight is 412 g/mol. The summed E-state index contributed by atoms with van der Waals surface area (Å²) in [6.45, 7) is 0. The van der Waals surface area contributed by atoms with E-state index in [9.17, 15) is 18.4 Å². The van der Waals surface area contributed by atoms with Crippen LogP contribution in [0.25, 0.3) is 11.0 Å². The Morgan fingerprint density at radius 2 is 1.73 bits per heavy atom. The summed E-state index contributed by atoms with van der Waals surface area (Å²) >= 11 is 0. The number of hydrogen-bond donors (Lipinski definition) is 2. The molecule has 5 nitrogen and oxygen atoms in total. The Bertz CT molecular complexity index is 1090. The van der Waals surface area contributed by atoms with Gasteiger partial charge in [0.1, 0.15) is 11.3 Å². The van der Waals surface area contributed by atoms with E-state index in [4.69, 9.17) is 4.42 Å². The van der Waals surface area contributed by atoms with Gasteiger partial charge in [-0.2, -0.15) is 0 Å². The maximum atomic E-state index is 13.5. The lowest BCUT2D eigenvalue weighted by Gasteiger charge is -2.20. The summed E-state index contributed by atoms with van der Waals surface area (Å²) in [7, 11) is 0. The van der Waals surface area contributed by atoms with Crippen LogP contribution in [-0.4, -0.2) is 11.8 Å². The minimum Gasteiger partial charge on any atom is -0.449 e. The van der Waals surface area contributed by atoms with Crippen molar-refractivity contribution in [2.75, 3.05) is 10.6 Å². The van der Waals surface area contributed by atoms with Crippen molar-refractivity contribution in [3.63, 3.8) is 0 Å². The Labute approximate surface area is 172 Å². The zero-order chi connectivity index (χ0) is 21.1. The zero-order valence-electron chi connectivity index (χ0n) is 16.3. The van der Waals surface area contributed by atoms with Crippen LogP contribution >= 0.6 is 0 Å². The summed E-state index contributed by atoms with van der Waals surface area (Å²) in [6, 6.07) is 10.1. The van der Waals surface area contributed by atoms with Gasteiger partial charge in [-0.1, -0.05) is 31.4 Å². The molecule has 2 N–H and O–H groups in total. The number of anilines is 2. The van der Waals surface area contributed by atoms with E-state index in [0.29, 0.717) is 23.3 Å². The first kappa shape index (κ1) is 20.1. The second-order valence-electron chi connectivity index (χ2n) is 7.64. The van der Waals surface area contributed by atoms with Crippen molar-refractivity contribution >= 4 is 34.2 Å². The molecule has 1 saturated carbocycles. The monoisotopic (exact) mass is 412 g/mol. The molecule has 0 atom stereocenters. The van der Waals surface area contributed by atoms with Crippen LogP contribution in [0, 0.1) is 17.6 Å². The summed E-state index contributed by atoms with van der Waals surface area (Å²) in [5, 5.41) is 5.93. The fourth-order valence-corrected chi connectivity index (χ4v) is 3.94. The summed E-state index contributed by atoms with van der Waals surface area (Å²) in [5.74, 6) is -2.65. The molecule has 2 amide bonds. The average Bonchev–Trinajstić information content (AvgIpc) is 3.10. The van der Waals surface area contributed by atoms with E-state index < -0.39 is 17.5 Å². The normalized spacial score (nSPS) is 14.6. The van der Waals surface area contributed by atoms with Crippen molar-refractivity contribution in [1.82, 2.24) is 0 Å². The quantitative estimate of drug-likeness (QED) is 0.550. The number of carbonyl (C=O) groups is 2. The number of amides is 2. The summed E-state index contributed by atoms with van der Waals surface area (Å²) in [4.78, 5) is 25.5. The van der Waals surface area contributed by atoms with Crippen LogP contribution in [0.1, 0.15) is 49.1 Å². The van der Waals surface area contributed by atoms with Gasteiger partial charge in [0.25, 0.3) is 5.91 Å². The molecule has 0 unspecified atom stereocenters. The predicted octanol–water partition coefficient (Wildman–Crippen LogP) is 5.87. The van der Waals surface area contributed by atoms with E-state index >= 15 is 0 Å². The molecule has 2 aromatic carbocycles. The third kappa shape index (κ3) is 4.35. The number of carbonyl (C=O) groups excluding carboxylic acids is 2. The Balaban J connectivity index is 1.58. The van der Waals surface area contributed by atoms with Gasteiger partial charge in [-0.25, -0.2) is 8.78 Å². The summed E-state index contributed by atoms with van der Waals surface area (Å²) < 4.78 is 32.3. The fourth-order valence-electron chi connectivity index (χ4n) is 3.94. The zero-order valence-corrected chi connectivity index (χ0v) is 16.3. The Hall–Kier alpha value is -3.22. The van der Waals surface area contributed by atoms with E-state index in [2.05, 4.69) is 10.6 Å². The van der Waals surface area contributed by atoms with Crippen LogP contribution in [-0.2, 0) is 4.79 Å². The van der Waals surface area contributed by atoms with Gasteiger partial charge >= 0.3 is 0 Å². The highest BCUT2D eigenvalue weighted by Gasteiger charge is 2.24. The first-order chi connectivity index (χ1) is 14.5. The first-order valence-electron chi connectivity index (χ1n) is 10.1. The van der Waals surface area contributed by atoms with E-state index in [-0.39, 0.29) is 23.0 Å². The second-order valence-corrected chi connectivity index (χ2v) is 7.64. The number of hydrogen-bond acceptors (Lipinski definition) is 3. The fraction of sp³-hybridized carbons (Fsp3) is 0.304. The maximum Gasteiger partial charge on any atom is 0.293 e. The number of para-hydroxylation sites is 1. The second kappa shape index (κ2) is 8.65. The maximum absolute atomic E-state index is 13.5. The number of benzene rings is 2. The molecule has 30 heavy (non-hydrogen) atoms. The van der Waals surface area contributed by atoms with Crippen molar-refractivity contribution in [1.29, 1.82) is 0 Å². The third-order valence-electron chi connectivity index (χ3n) is 5.44. The van der Waals surface area contributed by atoms with Crippen molar-refractivity contribution in [3.05, 3.63) is 59.9 Å². The van der Waals surface area contributed by atoms with Gasteiger partial charge in [0.15, 0.2) is 11.6 Å². The van der Waals surface area contributed by atoms with Gasteiger partial charge < -0.3 is 15.1 Å². The van der Waals surface area contributed by atoms with Crippen molar-refractivity contribution in [2.45, 2.75) is 38.5 Å². The van der Waals surface area contributed by atoms with Crippen LogP contribution in [0.5, 0.6) is 0 Å². The molecule has 0 radical (unpaired) electrons. The SMILES string of the molecule is O=C(CC1CCCCC1)Nc1c(C(=O)Nc2ccc(F)c(F)c2)oc2ccccc12. The van der Waals surface area contributed by atoms with Crippen LogP contribution in [0.4, 0.5) is 20.2 Å². The molecule has 7 heteroatoms. The van der Waals surface area contributed by atoms with Crippen molar-refractivity contribution < 1.29 is 22.8 Å². The van der Waals surface area contributed by atoms with Gasteiger partial charge in [-0.3, -0.25) is 9.59 Å². The minimum atomic E-state index is -1.07. The molecule has 1 aliphatic carbocycles. The van der Waals surface area contributed by atoms with Gasteiger partial charge in [0.2, 0.25) is 11.7 Å². The van der Waals surface area contributed by atoms with E-state index in [0.717, 1.165) is 37.8 Å². The first-order valence-corrected chi connectivity index (χ1v) is 10.1. The number of halogens is 2. The van der Waals surface area contributed by atoms with E-state index in [1.807, 2.05) is 0 Å². The molecule has 0 saturated heterocycles. The largest absolute Gasteiger partial charge is 0.449 e. The van der Waals surface area contributed by atoms with Gasteiger partial charge in [0.05, 0.1) is 0 Å². The number of rotatable bonds is 5. The Morgan fingerprint density at radius 3 is 2.50 bits per heavy atom. The molecule has 0 aliphatic heterocycles. The lowest BCUT2D eigenvalue weighted by atomic mass is 9.87. The molecule has 1 aliphatic rings. The number of nitrogens with one attached hydrogen (secondary N) is 2. The molecular formula is C23H22F2N2O3. The Morgan fingerprint density at radius 1 is 0.967 bits per heavy atom. The molecule has 156 valence electrons. The van der Waals surface area contributed by atoms with Gasteiger partial charge in [-0.05, 0) is 43.0 Å².